The molecule has 3 N–H and O–H groups in total. The average molecular weight is 291 g/mol. The van der Waals surface area contributed by atoms with Gasteiger partial charge in [-0.05, 0) is 49.5 Å². The first-order valence-corrected chi connectivity index (χ1v) is 7.39. The molecule has 0 spiro atoms. The van der Waals surface area contributed by atoms with E-state index < -0.39 is 0 Å². The Bertz CT molecular complexity index is 560. The van der Waals surface area contributed by atoms with Crippen molar-refractivity contribution < 1.29 is 4.74 Å². The molecular formula is C16H19ClN2O. The Morgan fingerprint density at radius 3 is 2.75 bits per heavy atom. The highest BCUT2D eigenvalue weighted by atomic mass is 35.5. The lowest BCUT2D eigenvalue weighted by Crippen LogP contribution is -2.31. The first-order chi connectivity index (χ1) is 9.63. The van der Waals surface area contributed by atoms with Crippen LogP contribution in [0.25, 0.3) is 11.8 Å². The molecule has 20 heavy (non-hydrogen) atoms. The van der Waals surface area contributed by atoms with Crippen molar-refractivity contribution in [3.8, 4) is 5.75 Å². The lowest BCUT2D eigenvalue weighted by atomic mass is 9.93. The number of benzene rings is 1. The highest BCUT2D eigenvalue weighted by molar-refractivity contribution is 6.32. The normalized spacial score (nSPS) is 25.0. The second-order valence-electron chi connectivity index (χ2n) is 5.48. The van der Waals surface area contributed by atoms with Crippen LogP contribution in [-0.2, 0) is 0 Å². The largest absolute Gasteiger partial charge is 0.489 e. The number of fused-ring (bicyclic) bond motifs is 1. The molecule has 2 aliphatic rings. The molecule has 1 aromatic rings. The molecule has 0 saturated heterocycles. The summed E-state index contributed by atoms with van der Waals surface area (Å²) in [4.78, 5) is 0. The predicted molar refractivity (Wildman–Crippen MR) is 83.5 cm³/mol. The van der Waals surface area contributed by atoms with Gasteiger partial charge in [-0.25, -0.2) is 0 Å². The molecule has 4 heteroatoms. The van der Waals surface area contributed by atoms with Gasteiger partial charge in [0.25, 0.3) is 0 Å². The van der Waals surface area contributed by atoms with Crippen LogP contribution in [0.5, 0.6) is 5.75 Å². The van der Waals surface area contributed by atoms with Crippen molar-refractivity contribution in [2.24, 2.45) is 5.73 Å². The standard InChI is InChI=1S/C16H19ClN2O/c1-10-14-9-15(17)16(8-11(14)6-7-19-10)20-13-4-2-12(18)3-5-13/h6-9,12-13,19H,1-5,18H2. The van der Waals surface area contributed by atoms with E-state index in [2.05, 4.69) is 11.9 Å². The molecule has 1 aromatic carbocycles. The van der Waals surface area contributed by atoms with Gasteiger partial charge in [0, 0.05) is 23.5 Å². The van der Waals surface area contributed by atoms with E-state index in [1.165, 1.54) is 0 Å². The topological polar surface area (TPSA) is 47.3 Å². The van der Waals surface area contributed by atoms with E-state index in [0.717, 1.165) is 48.3 Å². The van der Waals surface area contributed by atoms with Gasteiger partial charge in [0.1, 0.15) is 5.75 Å². The summed E-state index contributed by atoms with van der Waals surface area (Å²) >= 11 is 6.33. The molecule has 0 amide bonds. The van der Waals surface area contributed by atoms with Gasteiger partial charge in [-0.15, -0.1) is 0 Å². The second-order valence-corrected chi connectivity index (χ2v) is 5.89. The Labute approximate surface area is 124 Å². The predicted octanol–water partition coefficient (Wildman–Crippen LogP) is 3.53. The molecule has 3 rings (SSSR count). The summed E-state index contributed by atoms with van der Waals surface area (Å²) in [5.74, 6) is 0.755. The van der Waals surface area contributed by atoms with Crippen LogP contribution in [0.15, 0.2) is 24.9 Å². The van der Waals surface area contributed by atoms with Crippen molar-refractivity contribution in [1.29, 1.82) is 0 Å². The molecule has 0 aromatic heterocycles. The maximum Gasteiger partial charge on any atom is 0.138 e. The first kappa shape index (κ1) is 13.5. The maximum absolute atomic E-state index is 6.33. The highest BCUT2D eigenvalue weighted by Gasteiger charge is 2.21. The van der Waals surface area contributed by atoms with E-state index in [9.17, 15) is 0 Å². The molecule has 1 saturated carbocycles. The smallest absolute Gasteiger partial charge is 0.138 e. The third-order valence-electron chi connectivity index (χ3n) is 3.96. The zero-order valence-electron chi connectivity index (χ0n) is 11.4. The summed E-state index contributed by atoms with van der Waals surface area (Å²) in [6, 6.07) is 4.24. The molecule has 1 heterocycles. The minimum absolute atomic E-state index is 0.222. The molecule has 106 valence electrons. The number of rotatable bonds is 2. The Morgan fingerprint density at radius 1 is 1.25 bits per heavy atom. The van der Waals surface area contributed by atoms with Crippen LogP contribution < -0.4 is 15.8 Å². The number of ether oxygens (including phenoxy) is 1. The number of hydrogen-bond donors (Lipinski definition) is 2. The average Bonchev–Trinajstić information content (AvgIpc) is 2.43. The first-order valence-electron chi connectivity index (χ1n) is 7.01. The van der Waals surface area contributed by atoms with E-state index in [1.807, 2.05) is 24.4 Å². The van der Waals surface area contributed by atoms with E-state index in [0.29, 0.717) is 11.1 Å². The van der Waals surface area contributed by atoms with E-state index >= 15 is 0 Å². The lowest BCUT2D eigenvalue weighted by Gasteiger charge is -2.27. The van der Waals surface area contributed by atoms with Crippen molar-refractivity contribution in [2.45, 2.75) is 37.8 Å². The van der Waals surface area contributed by atoms with Crippen molar-refractivity contribution >= 4 is 23.4 Å². The summed E-state index contributed by atoms with van der Waals surface area (Å²) in [7, 11) is 0. The molecule has 0 unspecified atom stereocenters. The molecule has 3 nitrogen and oxygen atoms in total. The van der Waals surface area contributed by atoms with Gasteiger partial charge in [0.15, 0.2) is 0 Å². The van der Waals surface area contributed by atoms with Gasteiger partial charge in [-0.1, -0.05) is 18.2 Å². The molecule has 0 bridgehead atoms. The van der Waals surface area contributed by atoms with E-state index in [-0.39, 0.29) is 6.10 Å². The van der Waals surface area contributed by atoms with Crippen LogP contribution in [0.1, 0.15) is 36.8 Å². The monoisotopic (exact) mass is 290 g/mol. The van der Waals surface area contributed by atoms with Crippen LogP contribution in [0.4, 0.5) is 0 Å². The number of nitrogens with one attached hydrogen (secondary N) is 1. The number of nitrogens with two attached hydrogens (primary N) is 1. The summed E-state index contributed by atoms with van der Waals surface area (Å²) < 4.78 is 6.06. The highest BCUT2D eigenvalue weighted by Crippen LogP contribution is 2.35. The molecular weight excluding hydrogens is 272 g/mol. The Morgan fingerprint density at radius 2 is 2.00 bits per heavy atom. The zero-order chi connectivity index (χ0) is 14.1. The van der Waals surface area contributed by atoms with Crippen molar-refractivity contribution in [1.82, 2.24) is 5.32 Å². The Kier molecular flexibility index (Phi) is 3.72. The third-order valence-corrected chi connectivity index (χ3v) is 4.26. The zero-order valence-corrected chi connectivity index (χ0v) is 12.1. The van der Waals surface area contributed by atoms with Gasteiger partial charge in [0.05, 0.1) is 11.1 Å². The number of halogens is 1. The number of hydrogen-bond acceptors (Lipinski definition) is 3. The van der Waals surface area contributed by atoms with Crippen molar-refractivity contribution in [3.63, 3.8) is 0 Å². The van der Waals surface area contributed by atoms with Crippen molar-refractivity contribution in [3.05, 3.63) is 41.1 Å². The van der Waals surface area contributed by atoms with E-state index in [1.54, 1.807) is 0 Å². The summed E-state index contributed by atoms with van der Waals surface area (Å²) in [5, 5.41) is 3.72. The maximum atomic E-state index is 6.33. The van der Waals surface area contributed by atoms with Crippen LogP contribution in [0.2, 0.25) is 5.02 Å². The summed E-state index contributed by atoms with van der Waals surface area (Å²) in [6.07, 6.45) is 8.14. The lowest BCUT2D eigenvalue weighted by molar-refractivity contribution is 0.147. The quantitative estimate of drug-likeness (QED) is 0.876. The van der Waals surface area contributed by atoms with Crippen molar-refractivity contribution in [2.75, 3.05) is 0 Å². The van der Waals surface area contributed by atoms with Crippen LogP contribution in [0, 0.1) is 0 Å². The molecule has 0 radical (unpaired) electrons. The minimum Gasteiger partial charge on any atom is -0.489 e. The SMILES string of the molecule is C=C1NC=Cc2cc(OC3CCC(N)CC3)c(Cl)cc21. The third kappa shape index (κ3) is 2.69. The fraction of sp³-hybridized carbons (Fsp3) is 0.375. The van der Waals surface area contributed by atoms with Gasteiger partial charge in [-0.3, -0.25) is 0 Å². The van der Waals surface area contributed by atoms with Gasteiger partial charge < -0.3 is 15.8 Å². The Balaban J connectivity index is 1.81. The second kappa shape index (κ2) is 5.51. The minimum atomic E-state index is 0.222. The molecule has 1 aliphatic heterocycles. The summed E-state index contributed by atoms with van der Waals surface area (Å²) in [5.41, 5.74) is 8.89. The van der Waals surface area contributed by atoms with Crippen LogP contribution >= 0.6 is 11.6 Å². The summed E-state index contributed by atoms with van der Waals surface area (Å²) in [6.45, 7) is 3.97. The van der Waals surface area contributed by atoms with Gasteiger partial charge in [0.2, 0.25) is 0 Å². The fourth-order valence-electron chi connectivity index (χ4n) is 2.75. The molecule has 0 atom stereocenters. The molecule has 1 fully saturated rings. The van der Waals surface area contributed by atoms with Crippen LogP contribution in [-0.4, -0.2) is 12.1 Å². The fourth-order valence-corrected chi connectivity index (χ4v) is 2.96. The van der Waals surface area contributed by atoms with E-state index in [4.69, 9.17) is 22.1 Å². The van der Waals surface area contributed by atoms with Crippen LogP contribution in [0.3, 0.4) is 0 Å². The molecule has 1 aliphatic carbocycles. The Hall–Kier alpha value is -1.45. The van der Waals surface area contributed by atoms with Gasteiger partial charge >= 0.3 is 0 Å². The van der Waals surface area contributed by atoms with Gasteiger partial charge in [-0.2, -0.15) is 0 Å².